The van der Waals surface area contributed by atoms with E-state index in [-0.39, 0.29) is 6.42 Å². The topological polar surface area (TPSA) is 149 Å². The van der Waals surface area contributed by atoms with Crippen LogP contribution in [-0.2, 0) is 25.5 Å². The lowest BCUT2D eigenvalue weighted by atomic mass is 10.1. The molecular weight excluding hydrogens is 396 g/mol. The summed E-state index contributed by atoms with van der Waals surface area (Å²) in [5.74, 6) is -1.96. The molecule has 1 rings (SSSR count). The van der Waals surface area contributed by atoms with E-state index in [0.717, 1.165) is 4.57 Å². The maximum Gasteiger partial charge on any atom is 0.419 e. The first-order valence-electron chi connectivity index (χ1n) is 9.36. The average Bonchev–Trinajstić information content (AvgIpc) is 2.99. The van der Waals surface area contributed by atoms with Crippen molar-refractivity contribution in [3.05, 3.63) is 18.2 Å². The number of amides is 2. The zero-order valence-corrected chi connectivity index (χ0v) is 18.3. The molecule has 30 heavy (non-hydrogen) atoms. The Labute approximate surface area is 175 Å². The number of nitrogens with one attached hydrogen (secondary N) is 2. The molecule has 0 spiro atoms. The molecule has 0 bridgehead atoms. The number of nitrogens with zero attached hydrogens (tertiary/aromatic N) is 2. The zero-order chi connectivity index (χ0) is 23.3. The van der Waals surface area contributed by atoms with Gasteiger partial charge in [0, 0.05) is 12.6 Å². The second kappa shape index (κ2) is 9.59. The number of carbonyl (C=O) groups excluding carboxylic acids is 3. The van der Waals surface area contributed by atoms with E-state index in [1.54, 1.807) is 41.5 Å². The fourth-order valence-electron chi connectivity index (χ4n) is 2.13. The van der Waals surface area contributed by atoms with Gasteiger partial charge in [-0.1, -0.05) is 0 Å². The number of ether oxygens (including phenoxy) is 2. The number of carboxylic acid groups (broad SMARTS) is 1. The Morgan fingerprint density at radius 2 is 1.63 bits per heavy atom. The highest BCUT2D eigenvalue weighted by atomic mass is 16.6. The first-order chi connectivity index (χ1) is 13.6. The summed E-state index contributed by atoms with van der Waals surface area (Å²) in [6.07, 6.45) is 0.990. The first-order valence-corrected chi connectivity index (χ1v) is 9.36. The molecule has 2 unspecified atom stereocenters. The predicted octanol–water partition coefficient (Wildman–Crippen LogP) is 1.69. The molecule has 0 aliphatic heterocycles. The maximum atomic E-state index is 12.5. The van der Waals surface area contributed by atoms with Crippen LogP contribution in [0.4, 0.5) is 9.59 Å². The molecule has 1 aromatic rings. The van der Waals surface area contributed by atoms with Crippen molar-refractivity contribution < 1.29 is 33.8 Å². The number of carbonyl (C=O) groups is 4. The molecule has 0 saturated carbocycles. The number of hydrogen-bond donors (Lipinski definition) is 3. The summed E-state index contributed by atoms with van der Waals surface area (Å²) in [6.45, 7) is 11.4. The second-order valence-corrected chi connectivity index (χ2v) is 8.72. The van der Waals surface area contributed by atoms with Gasteiger partial charge < -0.3 is 25.2 Å². The molecule has 3 N–H and O–H groups in total. The standard InChI is InChI=1S/C19H30N4O7/c1-11(15(25)26)21-14(24)13(22-16(27)29-18(2,3)4)8-12-9-23(10-20-12)17(28)30-19(5,6)7/h9-11,13H,8H2,1-7H3,(H,21,24)(H,22,27)(H,25,26). The maximum absolute atomic E-state index is 12.5. The molecular formula is C19H30N4O7. The van der Waals surface area contributed by atoms with Crippen LogP contribution in [0.15, 0.2) is 12.5 Å². The van der Waals surface area contributed by atoms with Gasteiger partial charge in [0.15, 0.2) is 0 Å². The molecule has 1 heterocycles. The van der Waals surface area contributed by atoms with Crippen LogP contribution < -0.4 is 10.6 Å². The Balaban J connectivity index is 2.97. The van der Waals surface area contributed by atoms with E-state index in [2.05, 4.69) is 15.6 Å². The Morgan fingerprint density at radius 1 is 1.07 bits per heavy atom. The van der Waals surface area contributed by atoms with Gasteiger partial charge in [-0.25, -0.2) is 19.1 Å². The summed E-state index contributed by atoms with van der Waals surface area (Å²) in [5.41, 5.74) is -1.19. The summed E-state index contributed by atoms with van der Waals surface area (Å²) >= 11 is 0. The van der Waals surface area contributed by atoms with Crippen molar-refractivity contribution in [3.8, 4) is 0 Å². The summed E-state index contributed by atoms with van der Waals surface area (Å²) in [6, 6.07) is -2.34. The third-order valence-corrected chi connectivity index (χ3v) is 3.39. The van der Waals surface area contributed by atoms with Crippen LogP contribution in [0.3, 0.4) is 0 Å². The highest BCUT2D eigenvalue weighted by Crippen LogP contribution is 2.11. The third kappa shape index (κ3) is 8.93. The van der Waals surface area contributed by atoms with Gasteiger partial charge in [-0.3, -0.25) is 9.59 Å². The van der Waals surface area contributed by atoms with Crippen molar-refractivity contribution in [2.45, 2.75) is 78.2 Å². The van der Waals surface area contributed by atoms with Crippen LogP contribution in [0.25, 0.3) is 0 Å². The van der Waals surface area contributed by atoms with Crippen LogP contribution in [0.2, 0.25) is 0 Å². The predicted molar refractivity (Wildman–Crippen MR) is 106 cm³/mol. The lowest BCUT2D eigenvalue weighted by Gasteiger charge is -2.23. The molecule has 11 nitrogen and oxygen atoms in total. The van der Waals surface area contributed by atoms with Gasteiger partial charge in [0.1, 0.15) is 29.6 Å². The molecule has 0 saturated heterocycles. The fraction of sp³-hybridized carbons (Fsp3) is 0.632. The van der Waals surface area contributed by atoms with Gasteiger partial charge in [0.25, 0.3) is 0 Å². The molecule has 0 aliphatic rings. The van der Waals surface area contributed by atoms with Crippen LogP contribution in [-0.4, -0.2) is 62.0 Å². The quantitative estimate of drug-likeness (QED) is 0.622. The smallest absolute Gasteiger partial charge is 0.419 e. The summed E-state index contributed by atoms with van der Waals surface area (Å²) < 4.78 is 11.5. The second-order valence-electron chi connectivity index (χ2n) is 8.72. The van der Waals surface area contributed by atoms with Gasteiger partial charge in [0.2, 0.25) is 5.91 Å². The third-order valence-electron chi connectivity index (χ3n) is 3.39. The normalized spacial score (nSPS) is 13.7. The van der Waals surface area contributed by atoms with Crippen LogP contribution >= 0.6 is 0 Å². The van der Waals surface area contributed by atoms with Gasteiger partial charge in [0.05, 0.1) is 5.69 Å². The molecule has 0 fully saturated rings. The number of carboxylic acids is 1. The summed E-state index contributed by atoms with van der Waals surface area (Å²) in [5, 5.41) is 13.7. The molecule has 0 aromatic carbocycles. The molecule has 0 aliphatic carbocycles. The molecule has 1 aromatic heterocycles. The highest BCUT2D eigenvalue weighted by Gasteiger charge is 2.28. The molecule has 2 amide bonds. The van der Waals surface area contributed by atoms with Gasteiger partial charge in [-0.05, 0) is 48.5 Å². The van der Waals surface area contributed by atoms with Crippen LogP contribution in [0.1, 0.15) is 54.2 Å². The van der Waals surface area contributed by atoms with E-state index in [4.69, 9.17) is 14.6 Å². The van der Waals surface area contributed by atoms with E-state index in [9.17, 15) is 19.2 Å². The zero-order valence-electron chi connectivity index (χ0n) is 18.3. The van der Waals surface area contributed by atoms with Crippen LogP contribution in [0, 0.1) is 0 Å². The Kier molecular flexibility index (Phi) is 7.97. The largest absolute Gasteiger partial charge is 0.480 e. The summed E-state index contributed by atoms with van der Waals surface area (Å²) in [4.78, 5) is 51.8. The van der Waals surface area contributed by atoms with Crippen molar-refractivity contribution in [2.75, 3.05) is 0 Å². The minimum Gasteiger partial charge on any atom is -0.480 e. The number of rotatable bonds is 6. The van der Waals surface area contributed by atoms with E-state index < -0.39 is 47.3 Å². The molecule has 168 valence electrons. The number of imidazole rings is 1. The van der Waals surface area contributed by atoms with Crippen molar-refractivity contribution in [1.82, 2.24) is 20.2 Å². The lowest BCUT2D eigenvalue weighted by Crippen LogP contribution is -2.52. The number of hydrogen-bond acceptors (Lipinski definition) is 7. The Hall–Kier alpha value is -3.11. The monoisotopic (exact) mass is 426 g/mol. The van der Waals surface area contributed by atoms with Crippen molar-refractivity contribution >= 4 is 24.1 Å². The van der Waals surface area contributed by atoms with Crippen LogP contribution in [0.5, 0.6) is 0 Å². The van der Waals surface area contributed by atoms with Crippen molar-refractivity contribution in [3.63, 3.8) is 0 Å². The van der Waals surface area contributed by atoms with Gasteiger partial charge in [-0.15, -0.1) is 0 Å². The van der Waals surface area contributed by atoms with E-state index in [1.165, 1.54) is 19.4 Å². The van der Waals surface area contributed by atoms with Crippen molar-refractivity contribution in [1.29, 1.82) is 0 Å². The SMILES string of the molecule is CC(NC(=O)C(Cc1cn(C(=O)OC(C)(C)C)cn1)NC(=O)OC(C)(C)C)C(=O)O. The molecule has 2 atom stereocenters. The Bertz CT molecular complexity index is 790. The van der Waals surface area contributed by atoms with E-state index in [1.807, 2.05) is 0 Å². The summed E-state index contributed by atoms with van der Waals surface area (Å²) in [7, 11) is 0. The lowest BCUT2D eigenvalue weighted by molar-refractivity contribution is -0.141. The van der Waals surface area contributed by atoms with E-state index in [0.29, 0.717) is 5.69 Å². The highest BCUT2D eigenvalue weighted by molar-refractivity contribution is 5.89. The van der Waals surface area contributed by atoms with E-state index >= 15 is 0 Å². The van der Waals surface area contributed by atoms with Gasteiger partial charge >= 0.3 is 18.2 Å². The minimum atomic E-state index is -1.23. The number of aromatic nitrogens is 2. The van der Waals surface area contributed by atoms with Gasteiger partial charge in [-0.2, -0.15) is 0 Å². The fourth-order valence-corrected chi connectivity index (χ4v) is 2.13. The number of aliphatic carboxylic acids is 1. The van der Waals surface area contributed by atoms with Crippen molar-refractivity contribution in [2.24, 2.45) is 0 Å². The first kappa shape index (κ1) is 24.9. The Morgan fingerprint density at radius 3 is 2.13 bits per heavy atom. The molecule has 0 radical (unpaired) electrons. The average molecular weight is 426 g/mol. The number of alkyl carbamates (subject to hydrolysis) is 1. The minimum absolute atomic E-state index is 0.104. The molecule has 11 heteroatoms.